The molecule has 3 fully saturated rings. The fourth-order valence-electron chi connectivity index (χ4n) is 12.5. The fraction of sp³-hybridized carbons (Fsp3) is 0.791. The van der Waals surface area contributed by atoms with Crippen molar-refractivity contribution in [2.75, 3.05) is 89.2 Å². The molecule has 2 bridgehead atoms. The predicted octanol–water partition coefficient (Wildman–Crippen LogP) is 2.40. The Hall–Kier alpha value is -6.90. The van der Waals surface area contributed by atoms with Crippen LogP contribution in [-0.2, 0) is 62.2 Å². The van der Waals surface area contributed by atoms with Crippen LogP contribution in [0, 0.1) is 35.5 Å². The molecule has 3 aliphatic heterocycles. The molecule has 3 saturated heterocycles. The molecular formula is C67H117N13O14. The van der Waals surface area contributed by atoms with Crippen LogP contribution < -0.4 is 21.3 Å². The van der Waals surface area contributed by atoms with E-state index in [1.54, 1.807) is 39.5 Å². The summed E-state index contributed by atoms with van der Waals surface area (Å²) in [6.07, 6.45) is 1.90. The molecule has 15 atom stereocenters. The van der Waals surface area contributed by atoms with Gasteiger partial charge in [-0.2, -0.15) is 0 Å². The van der Waals surface area contributed by atoms with Gasteiger partial charge in [-0.15, -0.1) is 0 Å². The number of carbonyl (C=O) groups is 12. The van der Waals surface area contributed by atoms with Crippen molar-refractivity contribution in [2.24, 2.45) is 35.5 Å². The molecule has 0 spiro atoms. The Kier molecular flexibility index (Phi) is 31.4. The number of allylic oxidation sites excluding steroid dienone is 2. The Bertz CT molecular complexity index is 2680. The van der Waals surface area contributed by atoms with Gasteiger partial charge in [0.2, 0.25) is 65.0 Å². The Labute approximate surface area is 559 Å². The number of piperazine rings is 1. The number of fused-ring (bicyclic) bond motifs is 3. The van der Waals surface area contributed by atoms with Gasteiger partial charge >= 0.3 is 6.09 Å². The van der Waals surface area contributed by atoms with E-state index >= 15 is 24.0 Å². The van der Waals surface area contributed by atoms with Crippen LogP contribution in [0.5, 0.6) is 0 Å². The Balaban J connectivity index is 2.33. The molecule has 0 aromatic rings. The SMILES string of the molecule is CC=CCC(C)C1OC(C)C2C(=O)N(C)C1C(=O)NC(CC)C(=O)N(C)C(C)C(=O)N(C)C(C(C)COC(=O)N1CCN(C)CC1)C(=O)NC(C(C)C)C(=O)N(C)C(CC(C)C)C(=O)NC(C)C(=O)NC(C)C(=O)N(C)C(CC(C)C)C(=O)N(C)C(CC(C)C)C(=O)N2C. The number of rotatable bonds is 14. The van der Waals surface area contributed by atoms with Crippen LogP contribution >= 0.6 is 0 Å². The number of likely N-dealkylation sites (N-methyl/N-ethyl adjacent to an activating group) is 8. The van der Waals surface area contributed by atoms with E-state index in [9.17, 15) is 33.6 Å². The van der Waals surface area contributed by atoms with Gasteiger partial charge in [-0.05, 0) is 103 Å². The van der Waals surface area contributed by atoms with Crippen LogP contribution in [0.25, 0.3) is 0 Å². The lowest BCUT2D eigenvalue weighted by molar-refractivity contribution is -0.155. The van der Waals surface area contributed by atoms with Gasteiger partial charge in [0, 0.05) is 81.4 Å². The first-order valence-corrected chi connectivity index (χ1v) is 33.6. The van der Waals surface area contributed by atoms with Gasteiger partial charge in [0.15, 0.2) is 0 Å². The molecule has 27 nitrogen and oxygen atoms in total. The second-order valence-electron chi connectivity index (χ2n) is 28.2. The Morgan fingerprint density at radius 2 is 1.00 bits per heavy atom. The average Bonchev–Trinajstić information content (AvgIpc) is 1.56. The number of ether oxygens (including phenoxy) is 2. The number of carbonyl (C=O) groups excluding carboxylic acids is 12. The first-order chi connectivity index (χ1) is 43.7. The van der Waals surface area contributed by atoms with E-state index in [4.69, 9.17) is 9.47 Å². The molecule has 0 aromatic heterocycles. The zero-order valence-electron chi connectivity index (χ0n) is 60.9. The Morgan fingerprint density at radius 1 is 0.511 bits per heavy atom. The minimum absolute atomic E-state index is 0.0178. The molecule has 534 valence electrons. The zero-order valence-corrected chi connectivity index (χ0v) is 60.9. The van der Waals surface area contributed by atoms with Crippen LogP contribution in [-0.4, -0.2) is 283 Å². The van der Waals surface area contributed by atoms with E-state index in [1.165, 1.54) is 94.6 Å². The molecule has 0 aliphatic carbocycles. The maximum Gasteiger partial charge on any atom is 0.409 e. The van der Waals surface area contributed by atoms with Crippen LogP contribution in [0.3, 0.4) is 0 Å². The van der Waals surface area contributed by atoms with E-state index in [2.05, 4.69) is 26.2 Å². The summed E-state index contributed by atoms with van der Waals surface area (Å²) in [6.45, 7) is 29.2. The molecule has 94 heavy (non-hydrogen) atoms. The first-order valence-electron chi connectivity index (χ1n) is 33.6. The summed E-state index contributed by atoms with van der Waals surface area (Å²) in [7, 11) is 11.9. The van der Waals surface area contributed by atoms with E-state index < -0.39 is 167 Å². The highest BCUT2D eigenvalue weighted by Crippen LogP contribution is 2.30. The van der Waals surface area contributed by atoms with E-state index in [0.717, 1.165) is 9.80 Å². The summed E-state index contributed by atoms with van der Waals surface area (Å²) in [4.78, 5) is 189. The van der Waals surface area contributed by atoms with Crippen molar-refractivity contribution in [3.05, 3.63) is 12.2 Å². The van der Waals surface area contributed by atoms with Crippen molar-refractivity contribution < 1.29 is 67.0 Å². The van der Waals surface area contributed by atoms with Crippen LogP contribution in [0.1, 0.15) is 143 Å². The molecule has 0 saturated carbocycles. The lowest BCUT2D eigenvalue weighted by Gasteiger charge is -2.39. The van der Waals surface area contributed by atoms with Gasteiger partial charge in [-0.1, -0.05) is 88.3 Å². The number of nitrogens with zero attached hydrogens (tertiary/aromatic N) is 9. The van der Waals surface area contributed by atoms with E-state index in [-0.39, 0.29) is 50.0 Å². The molecule has 27 heteroatoms. The molecule has 4 N–H and O–H groups in total. The molecule has 12 amide bonds. The van der Waals surface area contributed by atoms with Gasteiger partial charge in [-0.25, -0.2) is 4.79 Å². The third-order valence-electron chi connectivity index (χ3n) is 18.7. The summed E-state index contributed by atoms with van der Waals surface area (Å²) < 4.78 is 12.6. The maximum absolute atomic E-state index is 15.3. The second-order valence-corrected chi connectivity index (χ2v) is 28.2. The molecule has 3 aliphatic rings. The van der Waals surface area contributed by atoms with E-state index in [1.807, 2.05) is 74.6 Å². The number of hydrogen-bond acceptors (Lipinski definition) is 15. The summed E-state index contributed by atoms with van der Waals surface area (Å²) >= 11 is 0. The van der Waals surface area contributed by atoms with Crippen molar-refractivity contribution in [1.29, 1.82) is 0 Å². The normalized spacial score (nSPS) is 29.4. The molecular weight excluding hydrogens is 1210 g/mol. The monoisotopic (exact) mass is 1330 g/mol. The predicted molar refractivity (Wildman–Crippen MR) is 357 cm³/mol. The van der Waals surface area contributed by atoms with Gasteiger partial charge < -0.3 is 74.8 Å². The van der Waals surface area contributed by atoms with Crippen LogP contribution in [0.4, 0.5) is 4.79 Å². The topological polar surface area (TPSA) is 301 Å². The van der Waals surface area contributed by atoms with Crippen molar-refractivity contribution in [1.82, 2.24) is 65.4 Å². The zero-order chi connectivity index (χ0) is 71.8. The lowest BCUT2D eigenvalue weighted by Crippen LogP contribution is -2.62. The van der Waals surface area contributed by atoms with Crippen molar-refractivity contribution in [2.45, 2.75) is 222 Å². The number of amides is 12. The molecule has 3 rings (SSSR count). The molecule has 3 heterocycles. The third-order valence-corrected chi connectivity index (χ3v) is 18.7. The van der Waals surface area contributed by atoms with Gasteiger partial charge in [0.05, 0.1) is 18.8 Å². The second kappa shape index (κ2) is 36.3. The molecule has 0 aromatic carbocycles. The van der Waals surface area contributed by atoms with Crippen LogP contribution in [0.2, 0.25) is 0 Å². The number of nitrogens with one attached hydrogen (secondary N) is 4. The summed E-state index contributed by atoms with van der Waals surface area (Å²) in [5.41, 5.74) is 0. The van der Waals surface area contributed by atoms with Crippen molar-refractivity contribution in [3.8, 4) is 0 Å². The van der Waals surface area contributed by atoms with Gasteiger partial charge in [-0.3, -0.25) is 52.7 Å². The highest BCUT2D eigenvalue weighted by Gasteiger charge is 2.51. The largest absolute Gasteiger partial charge is 0.449 e. The Morgan fingerprint density at radius 3 is 1.51 bits per heavy atom. The first kappa shape index (κ1) is 81.3. The third kappa shape index (κ3) is 20.8. The molecule has 15 unspecified atom stereocenters. The minimum atomic E-state index is -1.45. The maximum atomic E-state index is 15.3. The summed E-state index contributed by atoms with van der Waals surface area (Å²) in [5, 5.41) is 11.1. The van der Waals surface area contributed by atoms with Gasteiger partial charge in [0.1, 0.15) is 66.5 Å². The highest BCUT2D eigenvalue weighted by atomic mass is 16.6. The summed E-state index contributed by atoms with van der Waals surface area (Å²) in [5.74, 6) is -10.1. The van der Waals surface area contributed by atoms with Crippen molar-refractivity contribution >= 4 is 71.1 Å². The quantitative estimate of drug-likeness (QED) is 0.182. The summed E-state index contributed by atoms with van der Waals surface area (Å²) in [6, 6.07) is -14.1. The highest BCUT2D eigenvalue weighted by molar-refractivity contribution is 6.00. The van der Waals surface area contributed by atoms with Crippen molar-refractivity contribution in [3.63, 3.8) is 0 Å². The molecule has 0 radical (unpaired) electrons. The standard InChI is InChI=1S/C67H117N13O14/c1-25-27-28-41(11)55-54-59(84)70-47(26-2)62(87)73(18)45(15)61(86)77(22)52(42(12)36-93-67(92)80-31-29-72(17)30-32-80)58(83)71-51(40(9)10)65(90)74(19)48(33-37(3)4)57(82)68-43(13)56(81)69-44(14)60(85)75(20)49(34-38(5)6)63(88)76(21)50(35-39(7)8)64(89)78(23)53(46(16)94-55)66(91)79(54)24/h25,27,37-55H,26,28-36H2,1-24H3,(H,68,82)(H,69,81)(H,70,84)(H,71,83). The smallest absolute Gasteiger partial charge is 0.409 e. The minimum Gasteiger partial charge on any atom is -0.449 e. The van der Waals surface area contributed by atoms with Gasteiger partial charge in [0.25, 0.3) is 0 Å². The van der Waals surface area contributed by atoms with E-state index in [0.29, 0.717) is 32.6 Å². The number of hydrogen-bond donors (Lipinski definition) is 4. The average molecular weight is 1330 g/mol. The fourth-order valence-corrected chi connectivity index (χ4v) is 12.5. The van der Waals surface area contributed by atoms with Crippen LogP contribution in [0.15, 0.2) is 12.2 Å². The lowest BCUT2D eigenvalue weighted by atomic mass is 9.92.